The van der Waals surface area contributed by atoms with Gasteiger partial charge in [-0.2, -0.15) is 15.0 Å². The molecule has 1 aromatic rings. The number of nitrogens with zero attached hydrogens (tertiary/aromatic N) is 4. The third kappa shape index (κ3) is 4.21. The summed E-state index contributed by atoms with van der Waals surface area (Å²) in [5.41, 5.74) is 0. The molecule has 0 amide bonds. The van der Waals surface area contributed by atoms with Gasteiger partial charge in [0.25, 0.3) is 0 Å². The van der Waals surface area contributed by atoms with E-state index in [9.17, 15) is 0 Å². The van der Waals surface area contributed by atoms with Gasteiger partial charge in [-0.15, -0.1) is 0 Å². The zero-order valence-electron chi connectivity index (χ0n) is 13.0. The summed E-state index contributed by atoms with van der Waals surface area (Å²) in [7, 11) is 3.88. The molecule has 6 nitrogen and oxygen atoms in total. The highest BCUT2D eigenvalue weighted by atomic mass is 15.3. The lowest BCUT2D eigenvalue weighted by Gasteiger charge is -2.18. The van der Waals surface area contributed by atoms with Gasteiger partial charge in [0.2, 0.25) is 17.8 Å². The van der Waals surface area contributed by atoms with Crippen LogP contribution < -0.4 is 15.5 Å². The highest BCUT2D eigenvalue weighted by Crippen LogP contribution is 2.34. The van der Waals surface area contributed by atoms with E-state index in [1.165, 1.54) is 19.3 Å². The maximum absolute atomic E-state index is 4.48. The van der Waals surface area contributed by atoms with Gasteiger partial charge in [0, 0.05) is 26.7 Å². The Bertz CT molecular complexity index is 430. The lowest BCUT2D eigenvalue weighted by atomic mass is 10.1. The van der Waals surface area contributed by atoms with Crippen molar-refractivity contribution in [3.05, 3.63) is 0 Å². The van der Waals surface area contributed by atoms with Crippen LogP contribution in [0, 0.1) is 5.92 Å². The molecule has 0 aromatic carbocycles. The number of nitrogens with one attached hydrogen (secondary N) is 2. The van der Waals surface area contributed by atoms with Crippen molar-refractivity contribution in [2.75, 3.05) is 36.2 Å². The predicted octanol–water partition coefficient (Wildman–Crippen LogP) is 2.36. The van der Waals surface area contributed by atoms with Crippen LogP contribution in [0.25, 0.3) is 0 Å². The van der Waals surface area contributed by atoms with E-state index in [4.69, 9.17) is 0 Å². The first-order valence-electron chi connectivity index (χ1n) is 7.56. The van der Waals surface area contributed by atoms with Crippen molar-refractivity contribution in [2.24, 2.45) is 5.92 Å². The molecule has 2 N–H and O–H groups in total. The van der Waals surface area contributed by atoms with E-state index in [2.05, 4.69) is 32.5 Å². The summed E-state index contributed by atoms with van der Waals surface area (Å²) in [6, 6.07) is 0.453. The summed E-state index contributed by atoms with van der Waals surface area (Å²) in [6.07, 6.45) is 5.06. The summed E-state index contributed by atoms with van der Waals surface area (Å²) in [5, 5.41) is 6.62. The molecule has 20 heavy (non-hydrogen) atoms. The molecule has 1 unspecified atom stereocenters. The molecule has 1 aromatic heterocycles. The van der Waals surface area contributed by atoms with E-state index in [0.29, 0.717) is 23.9 Å². The first kappa shape index (κ1) is 14.8. The van der Waals surface area contributed by atoms with Gasteiger partial charge in [0.15, 0.2) is 0 Å². The summed E-state index contributed by atoms with van der Waals surface area (Å²) in [4.78, 5) is 15.2. The fraction of sp³-hybridized carbons (Fsp3) is 0.786. The van der Waals surface area contributed by atoms with Gasteiger partial charge in [0.05, 0.1) is 0 Å². The average molecular weight is 278 g/mol. The van der Waals surface area contributed by atoms with Crippen molar-refractivity contribution >= 4 is 17.8 Å². The van der Waals surface area contributed by atoms with E-state index in [1.54, 1.807) is 0 Å². The van der Waals surface area contributed by atoms with E-state index in [0.717, 1.165) is 18.9 Å². The largest absolute Gasteiger partial charge is 0.354 e. The molecule has 1 aliphatic rings. The Morgan fingerprint density at radius 2 is 1.85 bits per heavy atom. The maximum Gasteiger partial charge on any atom is 0.231 e. The molecule has 1 aliphatic carbocycles. The summed E-state index contributed by atoms with van der Waals surface area (Å²) in [6.45, 7) is 5.04. The monoisotopic (exact) mass is 278 g/mol. The SMILES string of the molecule is CCNc1nc(NC(CC)CC2CC2)nc(N(C)C)n1. The van der Waals surface area contributed by atoms with Gasteiger partial charge < -0.3 is 15.5 Å². The third-order valence-corrected chi connectivity index (χ3v) is 3.50. The van der Waals surface area contributed by atoms with Crippen LogP contribution in [0.5, 0.6) is 0 Å². The standard InChI is InChI=1S/C14H26N6/c1-5-11(9-10-7-8-10)16-13-17-12(15-6-2)18-14(19-13)20(3)4/h10-11H,5-9H2,1-4H3,(H2,15,16,17,18,19). The minimum Gasteiger partial charge on any atom is -0.354 e. The van der Waals surface area contributed by atoms with Gasteiger partial charge in [0.1, 0.15) is 0 Å². The minimum atomic E-state index is 0.453. The van der Waals surface area contributed by atoms with Crippen LogP contribution in [-0.2, 0) is 0 Å². The second kappa shape index (κ2) is 6.72. The molecule has 6 heteroatoms. The Morgan fingerprint density at radius 3 is 2.40 bits per heavy atom. The van der Waals surface area contributed by atoms with Crippen LogP contribution >= 0.6 is 0 Å². The summed E-state index contributed by atoms with van der Waals surface area (Å²) in [5.74, 6) is 2.89. The van der Waals surface area contributed by atoms with Crippen molar-refractivity contribution in [1.82, 2.24) is 15.0 Å². The second-order valence-corrected chi connectivity index (χ2v) is 5.64. The zero-order valence-corrected chi connectivity index (χ0v) is 13.0. The van der Waals surface area contributed by atoms with Gasteiger partial charge in [-0.1, -0.05) is 19.8 Å². The quantitative estimate of drug-likeness (QED) is 0.761. The van der Waals surface area contributed by atoms with Crippen LogP contribution in [0.1, 0.15) is 39.5 Å². The number of hydrogen-bond acceptors (Lipinski definition) is 6. The Hall–Kier alpha value is -1.59. The highest BCUT2D eigenvalue weighted by molar-refractivity contribution is 5.43. The number of anilines is 3. The second-order valence-electron chi connectivity index (χ2n) is 5.64. The number of aromatic nitrogens is 3. The molecule has 0 aliphatic heterocycles. The van der Waals surface area contributed by atoms with Gasteiger partial charge in [-0.3, -0.25) is 0 Å². The third-order valence-electron chi connectivity index (χ3n) is 3.50. The Kier molecular flexibility index (Phi) is 4.98. The fourth-order valence-corrected chi connectivity index (χ4v) is 2.13. The maximum atomic E-state index is 4.48. The normalized spacial score (nSPS) is 15.8. The molecule has 1 saturated carbocycles. The zero-order chi connectivity index (χ0) is 14.5. The molecule has 0 spiro atoms. The predicted molar refractivity (Wildman–Crippen MR) is 83.4 cm³/mol. The lowest BCUT2D eigenvalue weighted by molar-refractivity contribution is 0.582. The molecule has 0 radical (unpaired) electrons. The van der Waals surface area contributed by atoms with Gasteiger partial charge in [-0.05, 0) is 25.7 Å². The van der Waals surface area contributed by atoms with Crippen molar-refractivity contribution < 1.29 is 0 Å². The van der Waals surface area contributed by atoms with Gasteiger partial charge in [-0.25, -0.2) is 0 Å². The highest BCUT2D eigenvalue weighted by Gasteiger charge is 2.25. The van der Waals surface area contributed by atoms with Crippen molar-refractivity contribution in [1.29, 1.82) is 0 Å². The van der Waals surface area contributed by atoms with Crippen LogP contribution in [0.2, 0.25) is 0 Å². The molecule has 1 fully saturated rings. The van der Waals surface area contributed by atoms with Crippen LogP contribution in [0.3, 0.4) is 0 Å². The van der Waals surface area contributed by atoms with Crippen molar-refractivity contribution in [3.8, 4) is 0 Å². The van der Waals surface area contributed by atoms with E-state index in [-0.39, 0.29) is 0 Å². The smallest absolute Gasteiger partial charge is 0.231 e. The van der Waals surface area contributed by atoms with Crippen LogP contribution in [0.4, 0.5) is 17.8 Å². The molecule has 2 rings (SSSR count). The number of hydrogen-bond donors (Lipinski definition) is 2. The summed E-state index contributed by atoms with van der Waals surface area (Å²) >= 11 is 0. The van der Waals surface area contributed by atoms with Crippen molar-refractivity contribution in [2.45, 2.75) is 45.6 Å². The van der Waals surface area contributed by atoms with Gasteiger partial charge >= 0.3 is 0 Å². The molecule has 112 valence electrons. The minimum absolute atomic E-state index is 0.453. The molecule has 0 saturated heterocycles. The molecule has 1 heterocycles. The Balaban J connectivity index is 2.10. The fourth-order valence-electron chi connectivity index (χ4n) is 2.13. The van der Waals surface area contributed by atoms with E-state index >= 15 is 0 Å². The summed E-state index contributed by atoms with van der Waals surface area (Å²) < 4.78 is 0. The molecule has 1 atom stereocenters. The Morgan fingerprint density at radius 1 is 1.15 bits per heavy atom. The van der Waals surface area contributed by atoms with Crippen molar-refractivity contribution in [3.63, 3.8) is 0 Å². The average Bonchev–Trinajstić information content (AvgIpc) is 3.22. The molecular formula is C14H26N6. The first-order valence-corrected chi connectivity index (χ1v) is 7.56. The first-order chi connectivity index (χ1) is 9.62. The van der Waals surface area contributed by atoms with Crippen LogP contribution in [-0.4, -0.2) is 41.6 Å². The number of rotatable bonds is 8. The topological polar surface area (TPSA) is 66.0 Å². The van der Waals surface area contributed by atoms with E-state index in [1.807, 2.05) is 25.9 Å². The lowest BCUT2D eigenvalue weighted by Crippen LogP contribution is -2.23. The van der Waals surface area contributed by atoms with E-state index < -0.39 is 0 Å². The Labute approximate surface area is 121 Å². The van der Waals surface area contributed by atoms with Crippen LogP contribution in [0.15, 0.2) is 0 Å². The molecular weight excluding hydrogens is 252 g/mol. The molecule has 0 bridgehead atoms.